The molecular weight excluding hydrogens is 308 g/mol. The van der Waals surface area contributed by atoms with E-state index in [-0.39, 0.29) is 41.6 Å². The van der Waals surface area contributed by atoms with E-state index < -0.39 is 0 Å². The van der Waals surface area contributed by atoms with Crippen molar-refractivity contribution in [1.29, 1.82) is 0 Å². The molecule has 0 aliphatic carbocycles. The zero-order valence-electron chi connectivity index (χ0n) is 12.9. The Bertz CT molecular complexity index is 684. The molecule has 0 heterocycles. The monoisotopic (exact) mass is 326 g/mol. The maximum Gasteiger partial charge on any atom is 0.140 e. The zero-order valence-corrected chi connectivity index (χ0v) is 12.9. The molecule has 24 heavy (non-hydrogen) atoms. The summed E-state index contributed by atoms with van der Waals surface area (Å²) in [5.41, 5.74) is 1.21. The third kappa shape index (κ3) is 5.53. The van der Waals surface area contributed by atoms with Crippen molar-refractivity contribution in [2.24, 2.45) is 0 Å². The Morgan fingerprint density at radius 3 is 1.33 bits per heavy atom. The number of phenolic OH excluding ortho intramolecular Hbond substituents is 4. The van der Waals surface area contributed by atoms with Crippen LogP contribution in [-0.4, -0.2) is 26.2 Å². The van der Waals surface area contributed by atoms with Crippen LogP contribution in [0.5, 0.6) is 23.0 Å². The summed E-state index contributed by atoms with van der Waals surface area (Å²) in [6.07, 6.45) is 7.04. The average Bonchev–Trinajstić information content (AvgIpc) is 2.45. The van der Waals surface area contributed by atoms with Crippen molar-refractivity contribution in [3.8, 4) is 23.0 Å². The minimum Gasteiger partial charge on any atom is -0.508 e. The Morgan fingerprint density at radius 2 is 1.00 bits per heavy atom. The fraction of sp³-hybridized carbons (Fsp3) is 0.105. The van der Waals surface area contributed by atoms with Crippen LogP contribution in [0.4, 0.5) is 0 Å². The second-order valence-electron chi connectivity index (χ2n) is 5.32. The van der Waals surface area contributed by atoms with Crippen LogP contribution >= 0.6 is 0 Å². The van der Waals surface area contributed by atoms with Crippen molar-refractivity contribution in [1.82, 2.24) is 0 Å². The van der Waals surface area contributed by atoms with Gasteiger partial charge in [-0.3, -0.25) is 4.79 Å². The van der Waals surface area contributed by atoms with Gasteiger partial charge in [0.1, 0.15) is 28.8 Å². The Balaban J connectivity index is 1.86. The molecule has 0 aliphatic rings. The predicted octanol–water partition coefficient (Wildman–Crippen LogP) is 3.58. The predicted molar refractivity (Wildman–Crippen MR) is 91.9 cm³/mol. The number of rotatable bonds is 6. The van der Waals surface area contributed by atoms with Gasteiger partial charge in [-0.2, -0.15) is 0 Å². The molecule has 0 aromatic heterocycles. The number of benzene rings is 2. The van der Waals surface area contributed by atoms with E-state index in [0.29, 0.717) is 11.1 Å². The van der Waals surface area contributed by atoms with Crippen molar-refractivity contribution >= 4 is 17.9 Å². The van der Waals surface area contributed by atoms with E-state index >= 15 is 0 Å². The first-order valence-corrected chi connectivity index (χ1v) is 7.33. The lowest BCUT2D eigenvalue weighted by Gasteiger charge is -1.98. The molecule has 0 saturated heterocycles. The number of Topliss-reactive ketones (excluding diaryl/α,β-unsaturated/α-hetero) is 1. The molecule has 2 aromatic rings. The fourth-order valence-electron chi connectivity index (χ4n) is 2.16. The Morgan fingerprint density at radius 1 is 0.667 bits per heavy atom. The number of hydrogen-bond donors (Lipinski definition) is 4. The molecule has 0 spiro atoms. The minimum absolute atomic E-state index is 0.0174. The number of hydrogen-bond acceptors (Lipinski definition) is 5. The van der Waals surface area contributed by atoms with E-state index in [2.05, 4.69) is 0 Å². The Hall–Kier alpha value is -3.21. The number of phenols is 4. The van der Waals surface area contributed by atoms with Gasteiger partial charge in [0.05, 0.1) is 0 Å². The molecule has 0 unspecified atom stereocenters. The SMILES string of the molecule is O=C(CC=Cc1cc(O)cc(O)c1)CC=Cc1cc(O)cc(O)c1. The molecule has 5 nitrogen and oxygen atoms in total. The van der Waals surface area contributed by atoms with Crippen LogP contribution in [0.1, 0.15) is 24.0 Å². The fourth-order valence-corrected chi connectivity index (χ4v) is 2.16. The number of aromatic hydroxyl groups is 4. The van der Waals surface area contributed by atoms with Crippen molar-refractivity contribution in [2.75, 3.05) is 0 Å². The highest BCUT2D eigenvalue weighted by Gasteiger charge is 1.99. The van der Waals surface area contributed by atoms with E-state index in [1.807, 2.05) is 0 Å². The summed E-state index contributed by atoms with van der Waals surface area (Å²) in [5.74, 6) is -0.190. The molecule has 2 aromatic carbocycles. The van der Waals surface area contributed by atoms with Gasteiger partial charge < -0.3 is 20.4 Å². The number of ketones is 1. The molecule has 0 fully saturated rings. The Labute approximate surface area is 139 Å². The van der Waals surface area contributed by atoms with Crippen LogP contribution in [-0.2, 0) is 4.79 Å². The van der Waals surface area contributed by atoms with Gasteiger partial charge >= 0.3 is 0 Å². The first-order valence-electron chi connectivity index (χ1n) is 7.33. The second kappa shape index (κ2) is 7.87. The zero-order chi connectivity index (χ0) is 17.5. The highest BCUT2D eigenvalue weighted by Crippen LogP contribution is 2.22. The summed E-state index contributed by atoms with van der Waals surface area (Å²) in [4.78, 5) is 11.8. The summed E-state index contributed by atoms with van der Waals surface area (Å²) in [5, 5.41) is 37.4. The third-order valence-corrected chi connectivity index (χ3v) is 3.16. The van der Waals surface area contributed by atoms with Gasteiger partial charge in [-0.1, -0.05) is 24.3 Å². The van der Waals surface area contributed by atoms with Gasteiger partial charge in [-0.25, -0.2) is 0 Å². The standard InChI is InChI=1S/C19H18O5/c20-15(5-1-3-13-7-16(21)11-17(22)8-13)6-2-4-14-9-18(23)12-19(24)10-14/h1-4,7-12,21-24H,5-6H2. The van der Waals surface area contributed by atoms with E-state index in [0.717, 1.165) is 0 Å². The van der Waals surface area contributed by atoms with Crippen molar-refractivity contribution in [3.05, 3.63) is 59.7 Å². The molecule has 4 N–H and O–H groups in total. The minimum atomic E-state index is -0.0433. The molecule has 0 atom stereocenters. The van der Waals surface area contributed by atoms with Crippen LogP contribution in [0.2, 0.25) is 0 Å². The van der Waals surface area contributed by atoms with Crippen LogP contribution < -0.4 is 0 Å². The molecule has 0 radical (unpaired) electrons. The van der Waals surface area contributed by atoms with E-state index in [1.54, 1.807) is 24.3 Å². The highest BCUT2D eigenvalue weighted by atomic mass is 16.3. The molecular formula is C19H18O5. The maximum atomic E-state index is 11.8. The molecule has 0 aliphatic heterocycles. The van der Waals surface area contributed by atoms with Gasteiger partial charge in [0, 0.05) is 25.0 Å². The quantitative estimate of drug-likeness (QED) is 0.650. The summed E-state index contributed by atoms with van der Waals surface area (Å²) in [6.45, 7) is 0. The topological polar surface area (TPSA) is 98.0 Å². The number of carbonyl (C=O) groups is 1. The second-order valence-corrected chi connectivity index (χ2v) is 5.32. The molecule has 0 bridgehead atoms. The van der Waals surface area contributed by atoms with Gasteiger partial charge in [-0.05, 0) is 35.4 Å². The lowest BCUT2D eigenvalue weighted by Crippen LogP contribution is -1.92. The third-order valence-electron chi connectivity index (χ3n) is 3.16. The first kappa shape index (κ1) is 17.1. The van der Waals surface area contributed by atoms with Gasteiger partial charge in [0.2, 0.25) is 0 Å². The van der Waals surface area contributed by atoms with Crippen LogP contribution in [0, 0.1) is 0 Å². The highest BCUT2D eigenvalue weighted by molar-refractivity contribution is 5.83. The van der Waals surface area contributed by atoms with E-state index in [9.17, 15) is 25.2 Å². The van der Waals surface area contributed by atoms with Crippen LogP contribution in [0.15, 0.2) is 48.6 Å². The molecule has 0 saturated carbocycles. The summed E-state index contributed by atoms with van der Waals surface area (Å²) >= 11 is 0. The molecule has 124 valence electrons. The van der Waals surface area contributed by atoms with E-state index in [1.165, 1.54) is 36.4 Å². The average molecular weight is 326 g/mol. The number of allylic oxidation sites excluding steroid dienone is 2. The normalized spacial score (nSPS) is 11.3. The van der Waals surface area contributed by atoms with Crippen molar-refractivity contribution in [3.63, 3.8) is 0 Å². The van der Waals surface area contributed by atoms with Gasteiger partial charge in [0.25, 0.3) is 0 Å². The van der Waals surface area contributed by atoms with E-state index in [4.69, 9.17) is 0 Å². The van der Waals surface area contributed by atoms with Gasteiger partial charge in [0.15, 0.2) is 0 Å². The summed E-state index contributed by atoms with van der Waals surface area (Å²) < 4.78 is 0. The largest absolute Gasteiger partial charge is 0.508 e. The lowest BCUT2D eigenvalue weighted by atomic mass is 10.1. The van der Waals surface area contributed by atoms with Crippen molar-refractivity contribution < 1.29 is 25.2 Å². The smallest absolute Gasteiger partial charge is 0.140 e. The maximum absolute atomic E-state index is 11.8. The first-order chi connectivity index (χ1) is 11.4. The summed E-state index contributed by atoms with van der Waals surface area (Å²) in [7, 11) is 0. The Kier molecular flexibility index (Phi) is 5.63. The van der Waals surface area contributed by atoms with Crippen LogP contribution in [0.3, 0.4) is 0 Å². The lowest BCUT2D eigenvalue weighted by molar-refractivity contribution is -0.117. The number of carbonyl (C=O) groups excluding carboxylic acids is 1. The van der Waals surface area contributed by atoms with Gasteiger partial charge in [-0.15, -0.1) is 0 Å². The van der Waals surface area contributed by atoms with Crippen molar-refractivity contribution in [2.45, 2.75) is 12.8 Å². The summed E-state index contributed by atoms with van der Waals surface area (Å²) in [6, 6.07) is 8.38. The molecule has 0 amide bonds. The molecule has 2 rings (SSSR count). The molecule has 5 heteroatoms. The van der Waals surface area contributed by atoms with Crippen LogP contribution in [0.25, 0.3) is 12.2 Å².